The van der Waals surface area contributed by atoms with Crippen molar-refractivity contribution in [3.05, 3.63) is 46.0 Å². The average Bonchev–Trinajstić information content (AvgIpc) is 3.14. The van der Waals surface area contributed by atoms with Crippen LogP contribution in [0.5, 0.6) is 5.75 Å². The second-order valence-electron chi connectivity index (χ2n) is 4.80. The molecular weight excluding hydrogens is 327 g/mol. The third-order valence-electron chi connectivity index (χ3n) is 3.02. The van der Waals surface area contributed by atoms with Gasteiger partial charge >= 0.3 is 0 Å². The zero-order valence-corrected chi connectivity index (χ0v) is 12.3. The van der Waals surface area contributed by atoms with E-state index in [1.165, 1.54) is 25.0 Å². The molecule has 6 heteroatoms. The standard InChI is InChI=1S/C14H14BrFN2O2/c15-13-5-9(16)1-4-14(13)19-8-12-6-11(18-20-12)7-17-10-2-3-10/h1,4-6,10,17H,2-3,7-8H2. The molecule has 1 aromatic carbocycles. The molecule has 4 nitrogen and oxygen atoms in total. The average molecular weight is 341 g/mol. The van der Waals surface area contributed by atoms with Gasteiger partial charge in [0.2, 0.25) is 0 Å². The smallest absolute Gasteiger partial charge is 0.174 e. The summed E-state index contributed by atoms with van der Waals surface area (Å²) in [7, 11) is 0. The van der Waals surface area contributed by atoms with Gasteiger partial charge in [-0.1, -0.05) is 5.16 Å². The SMILES string of the molecule is Fc1ccc(OCc2cc(CNC3CC3)no2)c(Br)c1. The Morgan fingerprint density at radius 2 is 2.25 bits per heavy atom. The van der Waals surface area contributed by atoms with E-state index in [4.69, 9.17) is 9.26 Å². The Balaban J connectivity index is 1.54. The first-order valence-electron chi connectivity index (χ1n) is 6.46. The van der Waals surface area contributed by atoms with Gasteiger partial charge in [-0.15, -0.1) is 0 Å². The molecule has 1 fully saturated rings. The van der Waals surface area contributed by atoms with Gasteiger partial charge in [-0.3, -0.25) is 0 Å². The van der Waals surface area contributed by atoms with Crippen LogP contribution in [0.4, 0.5) is 4.39 Å². The fourth-order valence-electron chi connectivity index (χ4n) is 1.78. The highest BCUT2D eigenvalue weighted by Gasteiger charge is 2.20. The molecule has 20 heavy (non-hydrogen) atoms. The van der Waals surface area contributed by atoms with Crippen molar-refractivity contribution in [3.63, 3.8) is 0 Å². The molecular formula is C14H14BrFN2O2. The molecule has 0 amide bonds. The summed E-state index contributed by atoms with van der Waals surface area (Å²) in [6.07, 6.45) is 2.48. The monoisotopic (exact) mass is 340 g/mol. The molecule has 2 aromatic rings. The van der Waals surface area contributed by atoms with Crippen molar-refractivity contribution in [1.82, 2.24) is 10.5 Å². The van der Waals surface area contributed by atoms with E-state index in [-0.39, 0.29) is 12.4 Å². The number of ether oxygens (including phenoxy) is 1. The van der Waals surface area contributed by atoms with Crippen LogP contribution in [-0.2, 0) is 13.2 Å². The molecule has 1 aliphatic carbocycles. The van der Waals surface area contributed by atoms with E-state index >= 15 is 0 Å². The van der Waals surface area contributed by atoms with Crippen LogP contribution in [0.2, 0.25) is 0 Å². The highest BCUT2D eigenvalue weighted by molar-refractivity contribution is 9.10. The fourth-order valence-corrected chi connectivity index (χ4v) is 2.25. The van der Waals surface area contributed by atoms with Gasteiger partial charge < -0.3 is 14.6 Å². The molecule has 1 heterocycles. The molecule has 0 radical (unpaired) electrons. The number of nitrogens with zero attached hydrogens (tertiary/aromatic N) is 1. The van der Waals surface area contributed by atoms with E-state index in [2.05, 4.69) is 26.4 Å². The van der Waals surface area contributed by atoms with Crippen molar-refractivity contribution in [1.29, 1.82) is 0 Å². The normalized spacial score (nSPS) is 14.5. The van der Waals surface area contributed by atoms with E-state index in [0.717, 1.165) is 5.69 Å². The third kappa shape index (κ3) is 3.58. The molecule has 0 unspecified atom stereocenters. The molecule has 1 N–H and O–H groups in total. The Morgan fingerprint density at radius 3 is 3.00 bits per heavy atom. The topological polar surface area (TPSA) is 47.3 Å². The Morgan fingerprint density at radius 1 is 1.40 bits per heavy atom. The van der Waals surface area contributed by atoms with Gasteiger partial charge in [0.1, 0.15) is 18.2 Å². The highest BCUT2D eigenvalue weighted by atomic mass is 79.9. The number of benzene rings is 1. The lowest BCUT2D eigenvalue weighted by Gasteiger charge is -2.05. The summed E-state index contributed by atoms with van der Waals surface area (Å²) >= 11 is 3.25. The molecule has 106 valence electrons. The minimum absolute atomic E-state index is 0.265. The van der Waals surface area contributed by atoms with Gasteiger partial charge in [0.05, 0.1) is 10.2 Å². The first-order valence-corrected chi connectivity index (χ1v) is 7.26. The van der Waals surface area contributed by atoms with Crippen LogP contribution in [0.3, 0.4) is 0 Å². The lowest BCUT2D eigenvalue weighted by molar-refractivity contribution is 0.247. The van der Waals surface area contributed by atoms with Crippen LogP contribution in [0.1, 0.15) is 24.3 Å². The maximum absolute atomic E-state index is 12.9. The van der Waals surface area contributed by atoms with Crippen molar-refractivity contribution in [2.45, 2.75) is 32.0 Å². The number of nitrogens with one attached hydrogen (secondary N) is 1. The molecule has 0 saturated heterocycles. The first-order chi connectivity index (χ1) is 9.70. The number of rotatable bonds is 6. The number of halogens is 2. The van der Waals surface area contributed by atoms with Crippen molar-refractivity contribution in [2.24, 2.45) is 0 Å². The second-order valence-corrected chi connectivity index (χ2v) is 5.66. The predicted molar refractivity (Wildman–Crippen MR) is 74.8 cm³/mol. The summed E-state index contributed by atoms with van der Waals surface area (Å²) in [5, 5.41) is 7.34. The second kappa shape index (κ2) is 5.93. The highest BCUT2D eigenvalue weighted by Crippen LogP contribution is 2.26. The molecule has 0 spiro atoms. The van der Waals surface area contributed by atoms with Crippen molar-refractivity contribution >= 4 is 15.9 Å². The van der Waals surface area contributed by atoms with Gasteiger partial charge in [-0.2, -0.15) is 0 Å². The minimum Gasteiger partial charge on any atom is -0.484 e. The number of hydrogen-bond acceptors (Lipinski definition) is 4. The van der Waals surface area contributed by atoms with E-state index in [9.17, 15) is 4.39 Å². The third-order valence-corrected chi connectivity index (χ3v) is 3.64. The molecule has 1 aliphatic rings. The van der Waals surface area contributed by atoms with Crippen LogP contribution in [0.25, 0.3) is 0 Å². The fraction of sp³-hybridized carbons (Fsp3) is 0.357. The predicted octanol–water partition coefficient (Wildman–Crippen LogP) is 3.41. The van der Waals surface area contributed by atoms with E-state index in [1.54, 1.807) is 6.07 Å². The zero-order valence-electron chi connectivity index (χ0n) is 10.7. The summed E-state index contributed by atoms with van der Waals surface area (Å²) in [6, 6.07) is 6.80. The van der Waals surface area contributed by atoms with Crippen LogP contribution >= 0.6 is 15.9 Å². The Hall–Kier alpha value is -1.40. The number of aromatic nitrogens is 1. The minimum atomic E-state index is -0.308. The van der Waals surface area contributed by atoms with E-state index in [1.807, 2.05) is 6.07 Å². The first kappa shape index (κ1) is 13.6. The quantitative estimate of drug-likeness (QED) is 0.875. The molecule has 0 atom stereocenters. The molecule has 1 aromatic heterocycles. The maximum Gasteiger partial charge on any atom is 0.174 e. The molecule has 1 saturated carbocycles. The molecule has 3 rings (SSSR count). The van der Waals surface area contributed by atoms with Gasteiger partial charge in [0, 0.05) is 18.7 Å². The Kier molecular flexibility index (Phi) is 4.03. The van der Waals surface area contributed by atoms with Crippen molar-refractivity contribution in [2.75, 3.05) is 0 Å². The van der Waals surface area contributed by atoms with Gasteiger partial charge in [0.15, 0.2) is 5.76 Å². The Bertz CT molecular complexity index is 599. The lowest BCUT2D eigenvalue weighted by atomic mass is 10.3. The van der Waals surface area contributed by atoms with Gasteiger partial charge in [0.25, 0.3) is 0 Å². The van der Waals surface area contributed by atoms with Crippen LogP contribution in [-0.4, -0.2) is 11.2 Å². The zero-order chi connectivity index (χ0) is 13.9. The summed E-state index contributed by atoms with van der Waals surface area (Å²) in [5.41, 5.74) is 0.869. The van der Waals surface area contributed by atoms with Gasteiger partial charge in [-0.05, 0) is 47.0 Å². The Labute approximate surface area is 124 Å². The molecule has 0 bridgehead atoms. The summed E-state index contributed by atoms with van der Waals surface area (Å²) in [6.45, 7) is 0.981. The van der Waals surface area contributed by atoms with Crippen molar-refractivity contribution < 1.29 is 13.7 Å². The van der Waals surface area contributed by atoms with E-state index < -0.39 is 0 Å². The van der Waals surface area contributed by atoms with Crippen LogP contribution in [0.15, 0.2) is 33.3 Å². The van der Waals surface area contributed by atoms with Crippen LogP contribution < -0.4 is 10.1 Å². The lowest BCUT2D eigenvalue weighted by Crippen LogP contribution is -2.15. The summed E-state index contributed by atoms with van der Waals surface area (Å²) < 4.78 is 24.3. The van der Waals surface area contributed by atoms with Crippen molar-refractivity contribution in [3.8, 4) is 5.75 Å². The maximum atomic E-state index is 12.9. The summed E-state index contributed by atoms with van der Waals surface area (Å²) in [4.78, 5) is 0. The molecule has 0 aliphatic heterocycles. The van der Waals surface area contributed by atoms with Crippen LogP contribution in [0, 0.1) is 5.82 Å². The largest absolute Gasteiger partial charge is 0.484 e. The van der Waals surface area contributed by atoms with E-state index in [0.29, 0.717) is 28.6 Å². The van der Waals surface area contributed by atoms with Gasteiger partial charge in [-0.25, -0.2) is 4.39 Å². The summed E-state index contributed by atoms with van der Waals surface area (Å²) in [5.74, 6) is 0.909. The number of hydrogen-bond donors (Lipinski definition) is 1.